The van der Waals surface area contributed by atoms with Gasteiger partial charge < -0.3 is 19.3 Å². The van der Waals surface area contributed by atoms with E-state index in [-0.39, 0.29) is 35.4 Å². The van der Waals surface area contributed by atoms with E-state index >= 15 is 0 Å². The second kappa shape index (κ2) is 14.5. The van der Waals surface area contributed by atoms with Crippen molar-refractivity contribution in [3.63, 3.8) is 0 Å². The first-order valence-electron chi connectivity index (χ1n) is 17.2. The number of carbonyl (C=O) groups excluding carboxylic acids is 2. The minimum atomic E-state index is -4.07. The highest BCUT2D eigenvalue weighted by Crippen LogP contribution is 2.45. The molecule has 1 aliphatic carbocycles. The summed E-state index contributed by atoms with van der Waals surface area (Å²) in [5.74, 6) is -0.983. The number of benzene rings is 2. The molecule has 2 heterocycles. The van der Waals surface area contributed by atoms with Gasteiger partial charge in [0, 0.05) is 35.6 Å². The molecule has 12 heteroatoms. The zero-order valence-corrected chi connectivity index (χ0v) is 30.9. The van der Waals surface area contributed by atoms with Gasteiger partial charge in [0.25, 0.3) is 5.91 Å². The number of sulfonamides is 1. The molecule has 49 heavy (non-hydrogen) atoms. The molecule has 9 nitrogen and oxygen atoms in total. The van der Waals surface area contributed by atoms with Gasteiger partial charge in [-0.25, -0.2) is 22.3 Å². The molecule has 1 spiro atoms. The van der Waals surface area contributed by atoms with Gasteiger partial charge in [-0.1, -0.05) is 30.7 Å². The monoisotopic (exact) mass is 717 g/mol. The maximum Gasteiger partial charge on any atom is 0.410 e. The summed E-state index contributed by atoms with van der Waals surface area (Å²) in [5, 5.41) is -0.249. The van der Waals surface area contributed by atoms with Gasteiger partial charge in [0.2, 0.25) is 10.0 Å². The largest absolute Gasteiger partial charge is 0.490 e. The Morgan fingerprint density at radius 2 is 1.94 bits per heavy atom. The first kappa shape index (κ1) is 37.0. The first-order valence-corrected chi connectivity index (χ1v) is 19.1. The number of anilines is 1. The van der Waals surface area contributed by atoms with Crippen LogP contribution in [-0.2, 0) is 26.6 Å². The number of aryl methyl sites for hydroxylation is 1. The molecule has 4 atom stereocenters. The SMILES string of the molecule is C/C(F)=C/C[C@@H](C)[C@H](C)S(=O)(=O)NC(=O)c1ccc2c(c1)N(C[C@@H]1CCCN1C(=O)OC(C)(C)C)C[C@@]1(CCCc3cc(Cl)ccc31)CO2. The second-order valence-electron chi connectivity index (χ2n) is 14.9. The van der Waals surface area contributed by atoms with Gasteiger partial charge in [-0.2, -0.15) is 0 Å². The number of likely N-dealkylation sites (tertiary alicyclic amines) is 1. The maximum atomic E-state index is 13.5. The number of hydrogen-bond donors (Lipinski definition) is 1. The number of carbonyl (C=O) groups is 2. The Hall–Kier alpha value is -3.31. The Morgan fingerprint density at radius 3 is 2.65 bits per heavy atom. The molecular weight excluding hydrogens is 669 g/mol. The van der Waals surface area contributed by atoms with Crippen molar-refractivity contribution in [1.29, 1.82) is 0 Å². The van der Waals surface area contributed by atoms with E-state index in [9.17, 15) is 22.4 Å². The van der Waals surface area contributed by atoms with Crippen molar-refractivity contribution in [3.05, 3.63) is 70.0 Å². The van der Waals surface area contributed by atoms with E-state index in [4.69, 9.17) is 21.1 Å². The zero-order chi connectivity index (χ0) is 35.7. The summed E-state index contributed by atoms with van der Waals surface area (Å²) in [5.41, 5.74) is 2.18. The van der Waals surface area contributed by atoms with E-state index in [0.29, 0.717) is 42.7 Å². The summed E-state index contributed by atoms with van der Waals surface area (Å²) in [7, 11) is -4.07. The molecule has 0 bridgehead atoms. The van der Waals surface area contributed by atoms with Gasteiger partial charge in [-0.15, -0.1) is 0 Å². The van der Waals surface area contributed by atoms with Crippen LogP contribution < -0.4 is 14.4 Å². The van der Waals surface area contributed by atoms with E-state index in [2.05, 4.69) is 15.7 Å². The molecule has 1 N–H and O–H groups in total. The van der Waals surface area contributed by atoms with E-state index in [1.54, 1.807) is 30.0 Å². The standard InChI is InChI=1S/C37H49ClFN3O6S/c1-24(11-12-25(2)39)26(3)49(45,46)40-34(43)28-13-16-33-32(20-28)41(21-30-10-8-18-42(30)35(44)48-36(4,5)6)22-37(23-47-33)17-7-9-27-19-29(38)14-15-31(27)37/h12-16,19-20,24,26,30H,7-11,17-18,21-23H2,1-6H3,(H,40,43)/b25-12-/t24-,26+,30+,37+/m1/s1. The molecule has 2 aromatic carbocycles. The summed E-state index contributed by atoms with van der Waals surface area (Å²) >= 11 is 6.41. The number of allylic oxidation sites excluding steroid dienone is 2. The van der Waals surface area contributed by atoms with Crippen LogP contribution in [-0.4, -0.2) is 68.5 Å². The molecule has 3 aliphatic rings. The number of rotatable bonds is 8. The smallest absolute Gasteiger partial charge is 0.410 e. The Kier molecular flexibility index (Phi) is 10.9. The minimum Gasteiger partial charge on any atom is -0.490 e. The fraction of sp³-hybridized carbons (Fsp3) is 0.568. The molecule has 2 aliphatic heterocycles. The lowest BCUT2D eigenvalue weighted by Gasteiger charge is -2.42. The average molecular weight is 718 g/mol. The van der Waals surface area contributed by atoms with Gasteiger partial charge >= 0.3 is 6.09 Å². The van der Waals surface area contributed by atoms with Crippen molar-refractivity contribution in [2.75, 3.05) is 31.1 Å². The fourth-order valence-corrected chi connectivity index (χ4v) is 8.70. The number of hydrogen-bond acceptors (Lipinski definition) is 7. The molecule has 0 saturated carbocycles. The quantitative estimate of drug-likeness (QED) is 0.301. The predicted octanol–water partition coefficient (Wildman–Crippen LogP) is 7.56. The molecule has 2 aromatic rings. The molecule has 0 radical (unpaired) electrons. The van der Waals surface area contributed by atoms with Crippen LogP contribution in [0.5, 0.6) is 5.75 Å². The van der Waals surface area contributed by atoms with Gasteiger partial charge in [0.1, 0.15) is 11.4 Å². The highest BCUT2D eigenvalue weighted by Gasteiger charge is 2.43. The van der Waals surface area contributed by atoms with Crippen molar-refractivity contribution in [3.8, 4) is 5.75 Å². The van der Waals surface area contributed by atoms with Crippen LogP contribution in [0.15, 0.2) is 48.3 Å². The van der Waals surface area contributed by atoms with Crippen LogP contribution in [0.2, 0.25) is 5.02 Å². The van der Waals surface area contributed by atoms with Crippen LogP contribution in [0.3, 0.4) is 0 Å². The summed E-state index contributed by atoms with van der Waals surface area (Å²) < 4.78 is 54.3. The van der Waals surface area contributed by atoms with Crippen molar-refractivity contribution in [2.45, 2.75) is 102 Å². The van der Waals surface area contributed by atoms with Gasteiger partial charge in [-0.05, 0) is 121 Å². The van der Waals surface area contributed by atoms with Crippen LogP contribution in [0.25, 0.3) is 0 Å². The van der Waals surface area contributed by atoms with Gasteiger partial charge in [0.05, 0.1) is 29.4 Å². The number of nitrogens with one attached hydrogen (secondary N) is 1. The topological polar surface area (TPSA) is 105 Å². The van der Waals surface area contributed by atoms with E-state index in [1.807, 2.05) is 32.9 Å². The fourth-order valence-electron chi connectivity index (χ4n) is 7.22. The molecule has 1 saturated heterocycles. The number of amides is 2. The molecule has 0 aromatic heterocycles. The normalized spacial score (nSPS) is 22.4. The van der Waals surface area contributed by atoms with Crippen molar-refractivity contribution < 1.29 is 31.9 Å². The highest BCUT2D eigenvalue weighted by atomic mass is 35.5. The van der Waals surface area contributed by atoms with Crippen LogP contribution >= 0.6 is 11.6 Å². The third-order valence-corrected chi connectivity index (χ3v) is 12.2. The van der Waals surface area contributed by atoms with Gasteiger partial charge in [0.15, 0.2) is 0 Å². The Labute approximate surface area is 295 Å². The molecule has 268 valence electrons. The van der Waals surface area contributed by atoms with Crippen molar-refractivity contribution >= 4 is 39.3 Å². The van der Waals surface area contributed by atoms with Crippen LogP contribution in [0, 0.1) is 5.92 Å². The molecule has 2 amide bonds. The third-order valence-electron chi connectivity index (χ3n) is 10.0. The predicted molar refractivity (Wildman–Crippen MR) is 191 cm³/mol. The maximum absolute atomic E-state index is 13.5. The van der Waals surface area contributed by atoms with E-state index < -0.39 is 32.7 Å². The lowest BCUT2D eigenvalue weighted by Crippen LogP contribution is -2.50. The third kappa shape index (κ3) is 8.53. The van der Waals surface area contributed by atoms with Crippen LogP contribution in [0.1, 0.15) is 95.1 Å². The van der Waals surface area contributed by atoms with Crippen molar-refractivity contribution in [1.82, 2.24) is 9.62 Å². The van der Waals surface area contributed by atoms with E-state index in [1.165, 1.54) is 31.1 Å². The summed E-state index contributed by atoms with van der Waals surface area (Å²) in [6.45, 7) is 12.1. The Morgan fingerprint density at radius 1 is 1.18 bits per heavy atom. The lowest BCUT2D eigenvalue weighted by molar-refractivity contribution is 0.0230. The highest BCUT2D eigenvalue weighted by molar-refractivity contribution is 7.90. The zero-order valence-electron chi connectivity index (χ0n) is 29.4. The molecule has 5 rings (SSSR count). The molecular formula is C37H49ClFN3O6S. The summed E-state index contributed by atoms with van der Waals surface area (Å²) in [6, 6.07) is 10.9. The summed E-state index contributed by atoms with van der Waals surface area (Å²) in [6.07, 6.45) is 5.60. The lowest BCUT2D eigenvalue weighted by atomic mass is 9.70. The van der Waals surface area contributed by atoms with Crippen LogP contribution in [0.4, 0.5) is 14.9 Å². The molecule has 1 fully saturated rings. The number of halogens is 2. The second-order valence-corrected chi connectivity index (χ2v) is 17.4. The first-order chi connectivity index (χ1) is 23.0. The number of nitrogens with zero attached hydrogens (tertiary/aromatic N) is 2. The minimum absolute atomic E-state index is 0.145. The average Bonchev–Trinajstić information content (AvgIpc) is 3.43. The summed E-state index contributed by atoms with van der Waals surface area (Å²) in [4.78, 5) is 30.8. The van der Waals surface area contributed by atoms with E-state index in [0.717, 1.165) is 32.1 Å². The number of ether oxygens (including phenoxy) is 2. The Bertz CT molecular complexity index is 1710. The molecule has 0 unspecified atom stereocenters. The number of fused-ring (bicyclic) bond motifs is 3. The Balaban J connectivity index is 1.48. The van der Waals surface area contributed by atoms with Crippen molar-refractivity contribution in [2.24, 2.45) is 5.92 Å². The van der Waals surface area contributed by atoms with Gasteiger partial charge in [-0.3, -0.25) is 4.79 Å².